The van der Waals surface area contributed by atoms with Gasteiger partial charge in [0, 0.05) is 11.6 Å². The van der Waals surface area contributed by atoms with E-state index >= 15 is 0 Å². The molecule has 1 aliphatic heterocycles. The first kappa shape index (κ1) is 14.1. The number of carbonyl (C=O) groups is 1. The van der Waals surface area contributed by atoms with Crippen molar-refractivity contribution in [2.45, 2.75) is 18.9 Å². The summed E-state index contributed by atoms with van der Waals surface area (Å²) in [7, 11) is 0. The molecule has 0 bridgehead atoms. The smallest absolute Gasteiger partial charge is 0.238 e. The number of carbonyl (C=O) groups excluding carboxylic acids is 1. The lowest BCUT2D eigenvalue weighted by molar-refractivity contribution is -0.114. The Balaban J connectivity index is 2.02. The highest BCUT2D eigenvalue weighted by molar-refractivity contribution is 6.31. The standard InChI is InChI=1S/C13H17ClN2O3/c14-9-3-4-12(11(6-9)16-13(17)7-15)19-8-10-2-1-5-18-10/h3-4,6,10H,1-2,5,7-8,15H2,(H,16,17). The first-order chi connectivity index (χ1) is 9.19. The molecule has 1 saturated heterocycles. The summed E-state index contributed by atoms with van der Waals surface area (Å²) in [5.74, 6) is 0.283. The number of nitrogens with one attached hydrogen (secondary N) is 1. The van der Waals surface area contributed by atoms with Crippen molar-refractivity contribution in [2.75, 3.05) is 25.1 Å². The van der Waals surface area contributed by atoms with Gasteiger partial charge in [0.25, 0.3) is 0 Å². The Kier molecular flexibility index (Phi) is 5.01. The van der Waals surface area contributed by atoms with Crippen molar-refractivity contribution in [1.82, 2.24) is 0 Å². The number of halogens is 1. The molecule has 1 fully saturated rings. The van der Waals surface area contributed by atoms with Crippen molar-refractivity contribution in [3.8, 4) is 5.75 Å². The van der Waals surface area contributed by atoms with Crippen LogP contribution in [-0.4, -0.2) is 31.8 Å². The number of amides is 1. The van der Waals surface area contributed by atoms with Gasteiger partial charge in [0.15, 0.2) is 0 Å². The Hall–Kier alpha value is -1.30. The number of benzene rings is 1. The Labute approximate surface area is 117 Å². The van der Waals surface area contributed by atoms with E-state index in [1.807, 2.05) is 0 Å². The van der Waals surface area contributed by atoms with Crippen LogP contribution in [0.3, 0.4) is 0 Å². The lowest BCUT2D eigenvalue weighted by Gasteiger charge is -2.15. The third kappa shape index (κ3) is 4.09. The van der Waals surface area contributed by atoms with Crippen LogP contribution in [0.25, 0.3) is 0 Å². The van der Waals surface area contributed by atoms with Crippen LogP contribution in [0.4, 0.5) is 5.69 Å². The normalized spacial score (nSPS) is 18.3. The predicted molar refractivity (Wildman–Crippen MR) is 73.6 cm³/mol. The van der Waals surface area contributed by atoms with Crippen LogP contribution in [0.1, 0.15) is 12.8 Å². The monoisotopic (exact) mass is 284 g/mol. The van der Waals surface area contributed by atoms with E-state index in [9.17, 15) is 4.79 Å². The Morgan fingerprint density at radius 3 is 3.11 bits per heavy atom. The van der Waals surface area contributed by atoms with Crippen molar-refractivity contribution in [2.24, 2.45) is 5.73 Å². The van der Waals surface area contributed by atoms with Crippen LogP contribution in [-0.2, 0) is 9.53 Å². The van der Waals surface area contributed by atoms with Crippen LogP contribution in [0.15, 0.2) is 18.2 Å². The average Bonchev–Trinajstić information content (AvgIpc) is 2.91. The highest BCUT2D eigenvalue weighted by Gasteiger charge is 2.17. The molecule has 19 heavy (non-hydrogen) atoms. The van der Waals surface area contributed by atoms with E-state index in [2.05, 4.69) is 5.32 Å². The lowest BCUT2D eigenvalue weighted by Crippen LogP contribution is -2.23. The first-order valence-electron chi connectivity index (χ1n) is 6.23. The molecule has 1 aromatic carbocycles. The summed E-state index contributed by atoms with van der Waals surface area (Å²) in [5.41, 5.74) is 5.80. The van der Waals surface area contributed by atoms with Gasteiger partial charge in [0.2, 0.25) is 5.91 Å². The minimum absolute atomic E-state index is 0.0856. The SMILES string of the molecule is NCC(=O)Nc1cc(Cl)ccc1OCC1CCCO1. The van der Waals surface area contributed by atoms with Crippen LogP contribution in [0, 0.1) is 0 Å². The molecule has 1 aliphatic rings. The fourth-order valence-electron chi connectivity index (χ4n) is 1.89. The summed E-state index contributed by atoms with van der Waals surface area (Å²) in [5, 5.41) is 3.19. The van der Waals surface area contributed by atoms with Crippen molar-refractivity contribution in [3.05, 3.63) is 23.2 Å². The van der Waals surface area contributed by atoms with E-state index in [1.54, 1.807) is 18.2 Å². The van der Waals surface area contributed by atoms with Crippen LogP contribution in [0.5, 0.6) is 5.75 Å². The van der Waals surface area contributed by atoms with Gasteiger partial charge in [-0.2, -0.15) is 0 Å². The third-order valence-corrected chi connectivity index (χ3v) is 3.08. The van der Waals surface area contributed by atoms with Gasteiger partial charge >= 0.3 is 0 Å². The van der Waals surface area contributed by atoms with E-state index in [4.69, 9.17) is 26.8 Å². The van der Waals surface area contributed by atoms with E-state index in [0.29, 0.717) is 23.1 Å². The fraction of sp³-hybridized carbons (Fsp3) is 0.462. The topological polar surface area (TPSA) is 73.6 Å². The molecule has 1 unspecified atom stereocenters. The average molecular weight is 285 g/mol. The second-order valence-corrected chi connectivity index (χ2v) is 4.78. The predicted octanol–water partition coefficient (Wildman–Crippen LogP) is 1.79. The van der Waals surface area contributed by atoms with Gasteiger partial charge in [0.05, 0.1) is 18.3 Å². The molecule has 5 nitrogen and oxygen atoms in total. The van der Waals surface area contributed by atoms with E-state index in [1.165, 1.54) is 0 Å². The molecule has 0 radical (unpaired) electrons. The van der Waals surface area contributed by atoms with Gasteiger partial charge < -0.3 is 20.5 Å². The van der Waals surface area contributed by atoms with Gasteiger partial charge in [0.1, 0.15) is 12.4 Å². The van der Waals surface area contributed by atoms with Gasteiger partial charge in [-0.3, -0.25) is 4.79 Å². The first-order valence-corrected chi connectivity index (χ1v) is 6.60. The molecule has 104 valence electrons. The molecule has 2 rings (SSSR count). The molecule has 3 N–H and O–H groups in total. The molecule has 0 spiro atoms. The van der Waals surface area contributed by atoms with Crippen LogP contribution in [0.2, 0.25) is 5.02 Å². The molecular weight excluding hydrogens is 268 g/mol. The zero-order valence-corrected chi connectivity index (χ0v) is 11.3. The molecule has 6 heteroatoms. The molecule has 1 amide bonds. The minimum Gasteiger partial charge on any atom is -0.489 e. The fourth-order valence-corrected chi connectivity index (χ4v) is 2.06. The highest BCUT2D eigenvalue weighted by atomic mass is 35.5. The molecule has 0 aliphatic carbocycles. The van der Waals surface area contributed by atoms with Crippen molar-refractivity contribution in [3.63, 3.8) is 0 Å². The van der Waals surface area contributed by atoms with Gasteiger partial charge in [-0.15, -0.1) is 0 Å². The van der Waals surface area contributed by atoms with E-state index in [-0.39, 0.29) is 18.6 Å². The van der Waals surface area contributed by atoms with Crippen molar-refractivity contribution < 1.29 is 14.3 Å². The highest BCUT2D eigenvalue weighted by Crippen LogP contribution is 2.28. The lowest BCUT2D eigenvalue weighted by atomic mass is 10.2. The zero-order chi connectivity index (χ0) is 13.7. The summed E-state index contributed by atoms with van der Waals surface area (Å²) < 4.78 is 11.2. The molecular formula is C13H17ClN2O3. The zero-order valence-electron chi connectivity index (χ0n) is 10.5. The summed E-state index contributed by atoms with van der Waals surface area (Å²) in [6.45, 7) is 1.16. The summed E-state index contributed by atoms with van der Waals surface area (Å²) >= 11 is 5.91. The minimum atomic E-state index is -0.288. The van der Waals surface area contributed by atoms with Crippen LogP contribution >= 0.6 is 11.6 Å². The molecule has 0 aromatic heterocycles. The maximum Gasteiger partial charge on any atom is 0.238 e. The number of ether oxygens (including phenoxy) is 2. The van der Waals surface area contributed by atoms with Gasteiger partial charge in [-0.05, 0) is 31.0 Å². The third-order valence-electron chi connectivity index (χ3n) is 2.85. The quantitative estimate of drug-likeness (QED) is 0.865. The maximum absolute atomic E-state index is 11.3. The number of nitrogens with two attached hydrogens (primary N) is 1. The van der Waals surface area contributed by atoms with Gasteiger partial charge in [-0.25, -0.2) is 0 Å². The Morgan fingerprint density at radius 1 is 1.58 bits per heavy atom. The van der Waals surface area contributed by atoms with Crippen LogP contribution < -0.4 is 15.8 Å². The Bertz CT molecular complexity index is 448. The largest absolute Gasteiger partial charge is 0.489 e. The second kappa shape index (κ2) is 6.75. The summed E-state index contributed by atoms with van der Waals surface area (Å²) in [6, 6.07) is 5.08. The number of rotatable bonds is 5. The van der Waals surface area contributed by atoms with E-state index < -0.39 is 0 Å². The van der Waals surface area contributed by atoms with E-state index in [0.717, 1.165) is 19.4 Å². The molecule has 1 aromatic rings. The summed E-state index contributed by atoms with van der Waals surface area (Å²) in [6.07, 6.45) is 2.18. The molecule has 0 saturated carbocycles. The Morgan fingerprint density at radius 2 is 2.42 bits per heavy atom. The molecule has 1 atom stereocenters. The molecule has 1 heterocycles. The maximum atomic E-state index is 11.3. The van der Waals surface area contributed by atoms with Gasteiger partial charge in [-0.1, -0.05) is 11.6 Å². The number of anilines is 1. The second-order valence-electron chi connectivity index (χ2n) is 4.34. The van der Waals surface area contributed by atoms with Crippen molar-refractivity contribution >= 4 is 23.2 Å². The van der Waals surface area contributed by atoms with Crippen molar-refractivity contribution in [1.29, 1.82) is 0 Å². The summed E-state index contributed by atoms with van der Waals surface area (Å²) in [4.78, 5) is 11.3. The number of hydrogen-bond donors (Lipinski definition) is 2. The number of hydrogen-bond acceptors (Lipinski definition) is 4.